The molecule has 0 radical (unpaired) electrons. The second-order valence-corrected chi connectivity index (χ2v) is 3.71. The van der Waals surface area contributed by atoms with Crippen LogP contribution in [0.15, 0.2) is 18.2 Å². The normalized spacial score (nSPS) is 12.2. The minimum absolute atomic E-state index is 0.561. The van der Waals surface area contributed by atoms with Crippen molar-refractivity contribution in [3.8, 4) is 5.88 Å². The van der Waals surface area contributed by atoms with E-state index in [2.05, 4.69) is 24.3 Å². The Morgan fingerprint density at radius 1 is 1.53 bits per heavy atom. The van der Waals surface area contributed by atoms with Crippen molar-refractivity contribution in [2.24, 2.45) is 11.8 Å². The number of aromatic nitrogens is 1. The topological polar surface area (TPSA) is 60.2 Å². The van der Waals surface area contributed by atoms with Gasteiger partial charge in [0.25, 0.3) is 0 Å². The molecule has 0 aromatic carbocycles. The fourth-order valence-electron chi connectivity index (χ4n) is 1.38. The maximum absolute atomic E-state index is 5.56. The highest BCUT2D eigenvalue weighted by atomic mass is 16.5. The van der Waals surface area contributed by atoms with Crippen molar-refractivity contribution in [2.75, 3.05) is 12.0 Å². The van der Waals surface area contributed by atoms with Crippen LogP contribution in [0.3, 0.4) is 0 Å². The van der Waals surface area contributed by atoms with Gasteiger partial charge in [-0.3, -0.25) is 0 Å². The van der Waals surface area contributed by atoms with Crippen molar-refractivity contribution in [1.82, 2.24) is 4.98 Å². The highest BCUT2D eigenvalue weighted by Crippen LogP contribution is 2.12. The van der Waals surface area contributed by atoms with E-state index in [1.165, 1.54) is 12.8 Å². The summed E-state index contributed by atoms with van der Waals surface area (Å²) in [7, 11) is 0. The van der Waals surface area contributed by atoms with Gasteiger partial charge in [-0.2, -0.15) is 4.98 Å². The van der Waals surface area contributed by atoms with Crippen LogP contribution in [-0.4, -0.2) is 11.6 Å². The van der Waals surface area contributed by atoms with Gasteiger partial charge in [-0.15, -0.1) is 0 Å². The van der Waals surface area contributed by atoms with Crippen LogP contribution in [0.5, 0.6) is 5.88 Å². The number of hydrogen-bond acceptors (Lipinski definition) is 4. The summed E-state index contributed by atoms with van der Waals surface area (Å²) < 4.78 is 5.56. The van der Waals surface area contributed by atoms with E-state index >= 15 is 0 Å². The van der Waals surface area contributed by atoms with Gasteiger partial charge in [-0.25, -0.2) is 5.84 Å². The zero-order chi connectivity index (χ0) is 11.1. The van der Waals surface area contributed by atoms with E-state index in [-0.39, 0.29) is 0 Å². The monoisotopic (exact) mass is 209 g/mol. The molecule has 4 heteroatoms. The second kappa shape index (κ2) is 6.24. The minimum atomic E-state index is 0.561. The number of anilines is 1. The van der Waals surface area contributed by atoms with Gasteiger partial charge < -0.3 is 10.2 Å². The molecule has 0 saturated heterocycles. The lowest BCUT2D eigenvalue weighted by atomic mass is 10.1. The van der Waals surface area contributed by atoms with Gasteiger partial charge in [0.05, 0.1) is 6.61 Å². The first kappa shape index (κ1) is 11.8. The predicted molar refractivity (Wildman–Crippen MR) is 61.6 cm³/mol. The van der Waals surface area contributed by atoms with Gasteiger partial charge in [0.15, 0.2) is 0 Å². The fraction of sp³-hybridized carbons (Fsp3) is 0.545. The summed E-state index contributed by atoms with van der Waals surface area (Å²) in [5.41, 5.74) is 2.49. The summed E-state index contributed by atoms with van der Waals surface area (Å²) in [6.07, 6.45) is 2.36. The fourth-order valence-corrected chi connectivity index (χ4v) is 1.38. The lowest BCUT2D eigenvalue weighted by Crippen LogP contribution is -2.11. The molecule has 1 unspecified atom stereocenters. The number of nitrogens with two attached hydrogens (primary N) is 1. The maximum atomic E-state index is 5.56. The van der Waals surface area contributed by atoms with Crippen LogP contribution in [0.1, 0.15) is 26.7 Å². The molecule has 1 heterocycles. The average Bonchev–Trinajstić information content (AvgIpc) is 2.27. The first-order chi connectivity index (χ1) is 7.26. The number of pyridine rings is 1. The van der Waals surface area contributed by atoms with E-state index in [1.807, 2.05) is 12.1 Å². The highest BCUT2D eigenvalue weighted by molar-refractivity contribution is 5.35. The molecule has 0 saturated carbocycles. The Hall–Kier alpha value is -1.29. The molecule has 1 rings (SSSR count). The Morgan fingerprint density at radius 2 is 2.33 bits per heavy atom. The van der Waals surface area contributed by atoms with Gasteiger partial charge in [0.1, 0.15) is 5.82 Å². The molecular formula is C11H19N3O. The SMILES string of the molecule is CCCC(C)COc1cccc(NN)n1. The van der Waals surface area contributed by atoms with Crippen molar-refractivity contribution in [1.29, 1.82) is 0 Å². The lowest BCUT2D eigenvalue weighted by molar-refractivity contribution is 0.243. The van der Waals surface area contributed by atoms with Crippen molar-refractivity contribution >= 4 is 5.82 Å². The number of rotatable bonds is 6. The first-order valence-corrected chi connectivity index (χ1v) is 5.32. The highest BCUT2D eigenvalue weighted by Gasteiger charge is 2.03. The average molecular weight is 209 g/mol. The zero-order valence-corrected chi connectivity index (χ0v) is 9.36. The van der Waals surface area contributed by atoms with Crippen molar-refractivity contribution in [3.05, 3.63) is 18.2 Å². The Labute approximate surface area is 90.8 Å². The van der Waals surface area contributed by atoms with E-state index in [1.54, 1.807) is 6.07 Å². The molecule has 0 aliphatic carbocycles. The molecule has 4 nitrogen and oxygen atoms in total. The van der Waals surface area contributed by atoms with Crippen LogP contribution in [0.4, 0.5) is 5.82 Å². The number of ether oxygens (including phenoxy) is 1. The molecule has 1 aromatic heterocycles. The zero-order valence-electron chi connectivity index (χ0n) is 9.36. The molecule has 15 heavy (non-hydrogen) atoms. The van der Waals surface area contributed by atoms with Gasteiger partial charge in [-0.05, 0) is 18.4 Å². The predicted octanol–water partition coefficient (Wildman–Crippen LogP) is 2.18. The van der Waals surface area contributed by atoms with Gasteiger partial charge in [0.2, 0.25) is 5.88 Å². The summed E-state index contributed by atoms with van der Waals surface area (Å²) in [4.78, 5) is 4.16. The standard InChI is InChI=1S/C11H19N3O/c1-3-5-9(2)8-15-11-7-4-6-10(13-11)14-12/h4,6-7,9H,3,5,8,12H2,1-2H3,(H,13,14). The van der Waals surface area contributed by atoms with Gasteiger partial charge >= 0.3 is 0 Å². The van der Waals surface area contributed by atoms with Crippen LogP contribution in [0, 0.1) is 5.92 Å². The molecule has 0 spiro atoms. The Bertz CT molecular complexity index is 291. The Balaban J connectivity index is 2.43. The van der Waals surface area contributed by atoms with Crippen molar-refractivity contribution in [3.63, 3.8) is 0 Å². The van der Waals surface area contributed by atoms with E-state index in [4.69, 9.17) is 10.6 Å². The number of nitrogen functional groups attached to an aromatic ring is 1. The molecule has 0 fully saturated rings. The molecule has 0 aliphatic rings. The van der Waals surface area contributed by atoms with E-state index in [0.29, 0.717) is 24.2 Å². The van der Waals surface area contributed by atoms with Gasteiger partial charge in [0, 0.05) is 6.07 Å². The summed E-state index contributed by atoms with van der Waals surface area (Å²) in [6, 6.07) is 5.49. The molecule has 0 aliphatic heterocycles. The Kier molecular flexibility index (Phi) is 4.90. The summed E-state index contributed by atoms with van der Waals surface area (Å²) in [5, 5.41) is 0. The summed E-state index contributed by atoms with van der Waals surface area (Å²) in [6.45, 7) is 5.05. The lowest BCUT2D eigenvalue weighted by Gasteiger charge is -2.11. The molecule has 0 amide bonds. The molecule has 0 bridgehead atoms. The largest absolute Gasteiger partial charge is 0.477 e. The first-order valence-electron chi connectivity index (χ1n) is 5.32. The Morgan fingerprint density at radius 3 is 3.00 bits per heavy atom. The third-order valence-corrected chi connectivity index (χ3v) is 2.17. The quantitative estimate of drug-likeness (QED) is 0.557. The summed E-state index contributed by atoms with van der Waals surface area (Å²) in [5.74, 6) is 7.06. The van der Waals surface area contributed by atoms with Crippen molar-refractivity contribution < 1.29 is 4.74 Å². The van der Waals surface area contributed by atoms with Crippen LogP contribution < -0.4 is 16.0 Å². The van der Waals surface area contributed by atoms with E-state index in [0.717, 1.165) is 0 Å². The molecule has 1 aromatic rings. The smallest absolute Gasteiger partial charge is 0.215 e. The molecular weight excluding hydrogens is 190 g/mol. The molecule has 84 valence electrons. The third-order valence-electron chi connectivity index (χ3n) is 2.17. The molecule has 3 N–H and O–H groups in total. The second-order valence-electron chi connectivity index (χ2n) is 3.71. The summed E-state index contributed by atoms with van der Waals surface area (Å²) >= 11 is 0. The third kappa shape index (κ3) is 4.16. The van der Waals surface area contributed by atoms with Crippen LogP contribution in [0.25, 0.3) is 0 Å². The number of nitrogens with zero attached hydrogens (tertiary/aromatic N) is 1. The van der Waals surface area contributed by atoms with Crippen molar-refractivity contribution in [2.45, 2.75) is 26.7 Å². The van der Waals surface area contributed by atoms with Gasteiger partial charge in [-0.1, -0.05) is 26.3 Å². The van der Waals surface area contributed by atoms with E-state index < -0.39 is 0 Å². The van der Waals surface area contributed by atoms with E-state index in [9.17, 15) is 0 Å². The number of hydrazine groups is 1. The van der Waals surface area contributed by atoms with Crippen LogP contribution >= 0.6 is 0 Å². The van der Waals surface area contributed by atoms with Crippen LogP contribution in [0.2, 0.25) is 0 Å². The minimum Gasteiger partial charge on any atom is -0.477 e. The maximum Gasteiger partial charge on any atom is 0.215 e. The number of hydrogen-bond donors (Lipinski definition) is 2. The van der Waals surface area contributed by atoms with Crippen LogP contribution in [-0.2, 0) is 0 Å². The number of nitrogens with one attached hydrogen (secondary N) is 1. The molecule has 1 atom stereocenters.